The number of hydrogen-bond acceptors (Lipinski definition) is 6. The second-order valence-corrected chi connectivity index (χ2v) is 8.51. The highest BCUT2D eigenvalue weighted by atomic mass is 16.7. The molecule has 1 aliphatic heterocycles. The summed E-state index contributed by atoms with van der Waals surface area (Å²) in [5.41, 5.74) is 1.76. The average molecular weight is 477 g/mol. The second kappa shape index (κ2) is 10.4. The Balaban J connectivity index is 1.77. The highest BCUT2D eigenvalue weighted by Gasteiger charge is 2.33. The highest BCUT2D eigenvalue weighted by molar-refractivity contribution is 5.98. The smallest absolute Gasteiger partial charge is 0.255 e. The molecule has 0 saturated heterocycles. The number of fused-ring (bicyclic) bond motifs is 1. The van der Waals surface area contributed by atoms with Crippen LogP contribution in [0.4, 0.5) is 0 Å². The normalized spacial score (nSPS) is 12.8. The topological polar surface area (TPSA) is 97.3 Å². The SMILES string of the molecule is COc1ccc(C(=O)N(Cc2ccc3c(c2)OCO3)C(C(=O)NC(C)C)c2ccc(O)cc2)cc1. The van der Waals surface area contributed by atoms with E-state index in [2.05, 4.69) is 5.32 Å². The lowest BCUT2D eigenvalue weighted by Gasteiger charge is -2.32. The van der Waals surface area contributed by atoms with E-state index >= 15 is 0 Å². The van der Waals surface area contributed by atoms with Crippen molar-refractivity contribution in [2.45, 2.75) is 32.5 Å². The summed E-state index contributed by atoms with van der Waals surface area (Å²) in [7, 11) is 1.56. The number of ether oxygens (including phenoxy) is 3. The van der Waals surface area contributed by atoms with Crippen LogP contribution in [0.25, 0.3) is 0 Å². The van der Waals surface area contributed by atoms with Gasteiger partial charge in [-0.3, -0.25) is 9.59 Å². The van der Waals surface area contributed by atoms with Crippen LogP contribution in [0, 0.1) is 0 Å². The molecule has 1 atom stereocenters. The number of nitrogens with one attached hydrogen (secondary N) is 1. The number of methoxy groups -OCH3 is 1. The number of carbonyl (C=O) groups is 2. The van der Waals surface area contributed by atoms with Crippen molar-refractivity contribution in [1.29, 1.82) is 0 Å². The molecule has 8 nitrogen and oxygen atoms in total. The van der Waals surface area contributed by atoms with Gasteiger partial charge in [-0.05, 0) is 73.5 Å². The molecule has 0 aromatic heterocycles. The Morgan fingerprint density at radius 1 is 1.00 bits per heavy atom. The Morgan fingerprint density at radius 2 is 1.69 bits per heavy atom. The number of nitrogens with zero attached hydrogens (tertiary/aromatic N) is 1. The number of benzene rings is 3. The third-order valence-corrected chi connectivity index (χ3v) is 5.59. The minimum Gasteiger partial charge on any atom is -0.508 e. The van der Waals surface area contributed by atoms with Crippen LogP contribution in [0.2, 0.25) is 0 Å². The molecule has 0 aliphatic carbocycles. The fraction of sp³-hybridized carbons (Fsp3) is 0.259. The first-order valence-corrected chi connectivity index (χ1v) is 11.3. The molecule has 0 fully saturated rings. The van der Waals surface area contributed by atoms with Gasteiger partial charge in [0.05, 0.1) is 7.11 Å². The Bertz CT molecular complexity index is 1190. The molecule has 3 aromatic rings. The molecule has 1 heterocycles. The molecule has 0 saturated carbocycles. The molecule has 182 valence electrons. The van der Waals surface area contributed by atoms with Gasteiger partial charge in [-0.15, -0.1) is 0 Å². The van der Waals surface area contributed by atoms with Gasteiger partial charge in [-0.2, -0.15) is 0 Å². The Hall–Kier alpha value is -4.20. The molecule has 1 unspecified atom stereocenters. The summed E-state index contributed by atoms with van der Waals surface area (Å²) in [5, 5.41) is 12.7. The average Bonchev–Trinajstić information content (AvgIpc) is 3.32. The Morgan fingerprint density at radius 3 is 2.34 bits per heavy atom. The number of phenolic OH excluding ortho intramolecular Hbond substituents is 1. The summed E-state index contributed by atoms with van der Waals surface area (Å²) in [4.78, 5) is 28.8. The predicted molar refractivity (Wildman–Crippen MR) is 130 cm³/mol. The largest absolute Gasteiger partial charge is 0.508 e. The van der Waals surface area contributed by atoms with Crippen LogP contribution in [0.5, 0.6) is 23.0 Å². The molecule has 0 bridgehead atoms. The zero-order valence-electron chi connectivity index (χ0n) is 19.9. The summed E-state index contributed by atoms with van der Waals surface area (Å²) in [5.74, 6) is 1.26. The van der Waals surface area contributed by atoms with Crippen molar-refractivity contribution >= 4 is 11.8 Å². The van der Waals surface area contributed by atoms with Gasteiger partial charge in [0.2, 0.25) is 12.7 Å². The third-order valence-electron chi connectivity index (χ3n) is 5.59. The first-order valence-electron chi connectivity index (χ1n) is 11.3. The molecule has 3 aromatic carbocycles. The van der Waals surface area contributed by atoms with E-state index in [1.807, 2.05) is 26.0 Å². The predicted octanol–water partition coefficient (Wildman–Crippen LogP) is 4.04. The van der Waals surface area contributed by atoms with E-state index in [4.69, 9.17) is 14.2 Å². The lowest BCUT2D eigenvalue weighted by molar-refractivity contribution is -0.126. The van der Waals surface area contributed by atoms with Gasteiger partial charge in [0.25, 0.3) is 5.91 Å². The molecule has 8 heteroatoms. The summed E-state index contributed by atoms with van der Waals surface area (Å²) in [6, 6.07) is 17.4. The summed E-state index contributed by atoms with van der Waals surface area (Å²) in [6.45, 7) is 4.00. The van der Waals surface area contributed by atoms with Crippen molar-refractivity contribution in [2.75, 3.05) is 13.9 Å². The monoisotopic (exact) mass is 476 g/mol. The first kappa shape index (κ1) is 23.9. The highest BCUT2D eigenvalue weighted by Crippen LogP contribution is 2.34. The van der Waals surface area contributed by atoms with E-state index in [0.29, 0.717) is 28.4 Å². The van der Waals surface area contributed by atoms with Crippen LogP contribution >= 0.6 is 0 Å². The van der Waals surface area contributed by atoms with Gasteiger partial charge >= 0.3 is 0 Å². The number of rotatable bonds is 8. The van der Waals surface area contributed by atoms with Crippen LogP contribution in [-0.2, 0) is 11.3 Å². The second-order valence-electron chi connectivity index (χ2n) is 8.51. The molecule has 2 N–H and O–H groups in total. The van der Waals surface area contributed by atoms with E-state index in [1.54, 1.807) is 49.6 Å². The van der Waals surface area contributed by atoms with Crippen molar-refractivity contribution in [2.24, 2.45) is 0 Å². The zero-order valence-corrected chi connectivity index (χ0v) is 19.9. The maximum absolute atomic E-state index is 13.9. The molecule has 35 heavy (non-hydrogen) atoms. The Kier molecular flexibility index (Phi) is 7.10. The number of hydrogen-bond donors (Lipinski definition) is 2. The molecule has 1 aliphatic rings. The van der Waals surface area contributed by atoms with Crippen molar-refractivity contribution in [3.8, 4) is 23.0 Å². The number of aromatic hydroxyl groups is 1. The molecule has 0 spiro atoms. The Labute approximate surface area is 204 Å². The first-order chi connectivity index (χ1) is 16.9. The molecule has 2 amide bonds. The van der Waals surface area contributed by atoms with Crippen LogP contribution in [0.3, 0.4) is 0 Å². The maximum atomic E-state index is 13.9. The standard InChI is InChI=1S/C27H28N2O6/c1-17(2)28-26(31)25(19-5-9-21(30)10-6-19)29(27(32)20-7-11-22(33-3)12-8-20)15-18-4-13-23-24(14-18)35-16-34-23/h4-14,17,25,30H,15-16H2,1-3H3,(H,28,31). The number of amides is 2. The lowest BCUT2D eigenvalue weighted by Crippen LogP contribution is -2.45. The van der Waals surface area contributed by atoms with Crippen molar-refractivity contribution < 1.29 is 28.9 Å². The minimum atomic E-state index is -0.946. The zero-order chi connectivity index (χ0) is 24.9. The maximum Gasteiger partial charge on any atom is 0.255 e. The van der Waals surface area contributed by atoms with Gasteiger partial charge in [-0.25, -0.2) is 0 Å². The van der Waals surface area contributed by atoms with Gasteiger partial charge < -0.3 is 29.5 Å². The van der Waals surface area contributed by atoms with Crippen LogP contribution in [-0.4, -0.2) is 41.8 Å². The van der Waals surface area contributed by atoms with Crippen LogP contribution in [0.1, 0.15) is 41.4 Å². The quantitative estimate of drug-likeness (QED) is 0.509. The summed E-state index contributed by atoms with van der Waals surface area (Å²) >= 11 is 0. The molecular formula is C27H28N2O6. The minimum absolute atomic E-state index is 0.0700. The number of phenols is 1. The van der Waals surface area contributed by atoms with Gasteiger partial charge in [0, 0.05) is 18.2 Å². The van der Waals surface area contributed by atoms with Gasteiger partial charge in [-0.1, -0.05) is 18.2 Å². The lowest BCUT2D eigenvalue weighted by atomic mass is 10.0. The van der Waals surface area contributed by atoms with Crippen molar-refractivity contribution in [1.82, 2.24) is 10.2 Å². The van der Waals surface area contributed by atoms with E-state index in [-0.39, 0.29) is 36.9 Å². The molecular weight excluding hydrogens is 448 g/mol. The van der Waals surface area contributed by atoms with Crippen molar-refractivity contribution in [3.63, 3.8) is 0 Å². The van der Waals surface area contributed by atoms with E-state index in [0.717, 1.165) is 5.56 Å². The fourth-order valence-corrected chi connectivity index (χ4v) is 3.91. The van der Waals surface area contributed by atoms with E-state index in [1.165, 1.54) is 17.0 Å². The van der Waals surface area contributed by atoms with Crippen molar-refractivity contribution in [3.05, 3.63) is 83.4 Å². The van der Waals surface area contributed by atoms with Gasteiger partial charge in [0.15, 0.2) is 11.5 Å². The fourth-order valence-electron chi connectivity index (χ4n) is 3.91. The summed E-state index contributed by atoms with van der Waals surface area (Å²) in [6.07, 6.45) is 0. The molecule has 0 radical (unpaired) electrons. The third kappa shape index (κ3) is 5.48. The van der Waals surface area contributed by atoms with Crippen LogP contribution in [0.15, 0.2) is 66.7 Å². The van der Waals surface area contributed by atoms with Crippen LogP contribution < -0.4 is 19.5 Å². The summed E-state index contributed by atoms with van der Waals surface area (Å²) < 4.78 is 16.1. The van der Waals surface area contributed by atoms with E-state index < -0.39 is 6.04 Å². The molecule has 4 rings (SSSR count). The van der Waals surface area contributed by atoms with Gasteiger partial charge in [0.1, 0.15) is 17.5 Å². The van der Waals surface area contributed by atoms with E-state index in [9.17, 15) is 14.7 Å². The number of carbonyl (C=O) groups excluding carboxylic acids is 2.